The Hall–Kier alpha value is -5.53. The second-order valence-corrected chi connectivity index (χ2v) is 15.0. The van der Waals surface area contributed by atoms with E-state index in [1.165, 1.54) is 99.9 Å². The van der Waals surface area contributed by atoms with Gasteiger partial charge in [0.2, 0.25) is 13.4 Å². The minimum atomic E-state index is 0.0656. The Morgan fingerprint density at radius 3 is 1.48 bits per heavy atom. The fourth-order valence-electron chi connectivity index (χ4n) is 9.03. The molecule has 0 saturated carbocycles. The van der Waals surface area contributed by atoms with E-state index in [0.29, 0.717) is 0 Å². The van der Waals surface area contributed by atoms with Crippen molar-refractivity contribution in [3.05, 3.63) is 185 Å². The van der Waals surface area contributed by atoms with Crippen LogP contribution in [0.4, 0.5) is 17.1 Å². The van der Waals surface area contributed by atoms with Crippen molar-refractivity contribution >= 4 is 74.4 Å². The Morgan fingerprint density at radius 1 is 0.538 bits per heavy atom. The van der Waals surface area contributed by atoms with Crippen LogP contribution in [0.2, 0.25) is 0 Å². The molecule has 0 aliphatic carbocycles. The van der Waals surface area contributed by atoms with E-state index < -0.39 is 0 Å². The third kappa shape index (κ3) is 5.51. The van der Waals surface area contributed by atoms with Gasteiger partial charge in [0.1, 0.15) is 0 Å². The lowest BCUT2D eigenvalue weighted by molar-refractivity contribution is 1.28. The maximum absolute atomic E-state index is 4.20. The normalized spacial score (nSPS) is 13.5. The second-order valence-electron chi connectivity index (χ2n) is 15.0. The van der Waals surface area contributed by atoms with Crippen LogP contribution in [0.15, 0.2) is 140 Å². The van der Waals surface area contributed by atoms with Crippen molar-refractivity contribution in [3.63, 3.8) is 0 Å². The molecule has 0 unspecified atom stereocenters. The van der Waals surface area contributed by atoms with Gasteiger partial charge in [-0.25, -0.2) is 0 Å². The minimum absolute atomic E-state index is 0.0656. The maximum atomic E-state index is 4.20. The molecular weight excluding hydrogens is 624 g/mol. The molecule has 0 spiro atoms. The first kappa shape index (κ1) is 33.6. The topological polar surface area (TPSA) is 3.24 Å². The van der Waals surface area contributed by atoms with Gasteiger partial charge in [0.05, 0.1) is 0 Å². The van der Waals surface area contributed by atoms with Crippen molar-refractivity contribution < 1.29 is 0 Å². The van der Waals surface area contributed by atoms with Crippen LogP contribution in [-0.4, -0.2) is 13.4 Å². The molecule has 252 valence electrons. The van der Waals surface area contributed by atoms with Gasteiger partial charge in [0, 0.05) is 17.1 Å². The average Bonchev–Trinajstić information content (AvgIpc) is 3.13. The van der Waals surface area contributed by atoms with Crippen LogP contribution in [0.5, 0.6) is 0 Å². The molecule has 3 heteroatoms. The summed E-state index contributed by atoms with van der Waals surface area (Å²) in [7, 11) is 0. The zero-order chi connectivity index (χ0) is 36.3. The standard InChI is InChI=1S/C49H45B2N/c1-9-15-39(28-37(8)38-20-11-10-12-21-38)40-29-43-49-44(30-40)51(48-35(6)18-14-19-36(48)7)42-27-32(3)23-25-46(42)52(49)45-24-22-31(2)26-41(45)50(43)47-33(4)16-13-17-34(47)5/h9-30H,1H2,2-8H3/b37-28+,39-15+. The third-order valence-corrected chi connectivity index (χ3v) is 11.4. The van der Waals surface area contributed by atoms with Crippen LogP contribution in [0.25, 0.3) is 11.1 Å². The summed E-state index contributed by atoms with van der Waals surface area (Å²) in [4.78, 5) is 2.59. The molecule has 2 aliphatic rings. The predicted molar refractivity (Wildman–Crippen MR) is 230 cm³/mol. The van der Waals surface area contributed by atoms with E-state index in [1.807, 2.05) is 6.08 Å². The Morgan fingerprint density at radius 2 is 1.02 bits per heavy atom. The Kier molecular flexibility index (Phi) is 8.54. The third-order valence-electron chi connectivity index (χ3n) is 11.4. The van der Waals surface area contributed by atoms with E-state index in [2.05, 4.69) is 187 Å². The molecule has 0 N–H and O–H groups in total. The SMILES string of the molecule is C=C/C=C(\C=C(/C)c1ccccc1)c1cc2c3c(c1)B(c1c(C)cccc1C)c1cc(C)ccc1N3c1ccc(C)cc1B2c1c(C)cccc1C. The van der Waals surface area contributed by atoms with Gasteiger partial charge >= 0.3 is 0 Å². The van der Waals surface area contributed by atoms with Crippen LogP contribution in [-0.2, 0) is 0 Å². The fraction of sp³-hybridized carbons (Fsp3) is 0.143. The smallest absolute Gasteiger partial charge is 0.247 e. The number of rotatable bonds is 6. The van der Waals surface area contributed by atoms with Gasteiger partial charge in [-0.1, -0.05) is 172 Å². The number of hydrogen-bond acceptors (Lipinski definition) is 1. The van der Waals surface area contributed by atoms with Crippen molar-refractivity contribution in [1.29, 1.82) is 0 Å². The van der Waals surface area contributed by atoms with Crippen molar-refractivity contribution in [1.82, 2.24) is 0 Å². The average molecular weight is 670 g/mol. The van der Waals surface area contributed by atoms with Gasteiger partial charge in [0.15, 0.2) is 0 Å². The van der Waals surface area contributed by atoms with Crippen molar-refractivity contribution in [2.45, 2.75) is 48.5 Å². The lowest BCUT2D eigenvalue weighted by Crippen LogP contribution is -2.66. The molecule has 52 heavy (non-hydrogen) atoms. The number of fused-ring (bicyclic) bond motifs is 4. The van der Waals surface area contributed by atoms with Gasteiger partial charge in [-0.2, -0.15) is 0 Å². The predicted octanol–water partition coefficient (Wildman–Crippen LogP) is 8.34. The molecule has 0 saturated heterocycles. The zero-order valence-electron chi connectivity index (χ0n) is 31.5. The van der Waals surface area contributed by atoms with Gasteiger partial charge in [-0.15, -0.1) is 0 Å². The van der Waals surface area contributed by atoms with Crippen molar-refractivity contribution in [2.24, 2.45) is 0 Å². The molecule has 6 aromatic rings. The quantitative estimate of drug-likeness (QED) is 0.127. The molecule has 0 radical (unpaired) electrons. The van der Waals surface area contributed by atoms with Crippen molar-refractivity contribution in [3.8, 4) is 0 Å². The number of nitrogens with zero attached hydrogens (tertiary/aromatic N) is 1. The lowest BCUT2D eigenvalue weighted by atomic mass is 9.29. The molecule has 0 amide bonds. The summed E-state index contributed by atoms with van der Waals surface area (Å²) in [6.07, 6.45) is 6.46. The van der Waals surface area contributed by atoms with Crippen LogP contribution in [0, 0.1) is 41.5 Å². The molecule has 0 fully saturated rings. The molecule has 1 nitrogen and oxygen atoms in total. The maximum Gasteiger partial charge on any atom is 0.247 e. The molecule has 6 aromatic carbocycles. The summed E-state index contributed by atoms with van der Waals surface area (Å²) in [5.41, 5.74) is 24.7. The molecule has 2 heterocycles. The number of hydrogen-bond donors (Lipinski definition) is 0. The first-order valence-corrected chi connectivity index (χ1v) is 18.5. The number of allylic oxidation sites excluding steroid dienone is 5. The lowest BCUT2D eigenvalue weighted by Gasteiger charge is -2.45. The van der Waals surface area contributed by atoms with E-state index in [0.717, 1.165) is 5.57 Å². The highest BCUT2D eigenvalue weighted by Crippen LogP contribution is 2.39. The summed E-state index contributed by atoms with van der Waals surface area (Å²) < 4.78 is 0. The van der Waals surface area contributed by atoms with Crippen LogP contribution in [0.1, 0.15) is 51.4 Å². The molecule has 8 rings (SSSR count). The summed E-state index contributed by atoms with van der Waals surface area (Å²) >= 11 is 0. The largest absolute Gasteiger partial charge is 0.313 e. The van der Waals surface area contributed by atoms with Gasteiger partial charge in [0.25, 0.3) is 0 Å². The Labute approximate surface area is 311 Å². The van der Waals surface area contributed by atoms with E-state index in [-0.39, 0.29) is 13.4 Å². The highest BCUT2D eigenvalue weighted by molar-refractivity contribution is 7.02. The summed E-state index contributed by atoms with van der Waals surface area (Å²) in [5, 5.41) is 0. The van der Waals surface area contributed by atoms with Crippen LogP contribution in [0.3, 0.4) is 0 Å². The number of benzene rings is 6. The zero-order valence-corrected chi connectivity index (χ0v) is 31.5. The van der Waals surface area contributed by atoms with E-state index in [9.17, 15) is 0 Å². The number of anilines is 3. The van der Waals surface area contributed by atoms with Gasteiger partial charge < -0.3 is 4.90 Å². The minimum Gasteiger partial charge on any atom is -0.313 e. The monoisotopic (exact) mass is 669 g/mol. The Bertz CT molecular complexity index is 2300. The van der Waals surface area contributed by atoms with Crippen LogP contribution >= 0.6 is 0 Å². The Balaban J connectivity index is 1.53. The summed E-state index contributed by atoms with van der Waals surface area (Å²) in [6, 6.07) is 43.4. The first-order chi connectivity index (χ1) is 25.2. The summed E-state index contributed by atoms with van der Waals surface area (Å²) in [5.74, 6) is 0. The van der Waals surface area contributed by atoms with E-state index in [1.54, 1.807) is 0 Å². The summed E-state index contributed by atoms with van der Waals surface area (Å²) in [6.45, 7) is 20.1. The molecule has 2 aliphatic heterocycles. The molecule has 0 atom stereocenters. The van der Waals surface area contributed by atoms with Crippen LogP contribution < -0.4 is 37.7 Å². The second kappa shape index (κ2) is 13.2. The first-order valence-electron chi connectivity index (χ1n) is 18.5. The highest BCUT2D eigenvalue weighted by atomic mass is 15.2. The highest BCUT2D eigenvalue weighted by Gasteiger charge is 2.45. The van der Waals surface area contributed by atoms with Gasteiger partial charge in [-0.05, 0) is 105 Å². The van der Waals surface area contributed by atoms with E-state index >= 15 is 0 Å². The fourth-order valence-corrected chi connectivity index (χ4v) is 9.03. The molecule has 0 bridgehead atoms. The van der Waals surface area contributed by atoms with Crippen molar-refractivity contribution in [2.75, 3.05) is 4.90 Å². The molecular formula is C49H45B2N. The van der Waals surface area contributed by atoms with Gasteiger partial charge in [-0.3, -0.25) is 0 Å². The van der Waals surface area contributed by atoms with E-state index in [4.69, 9.17) is 0 Å². The number of aryl methyl sites for hydroxylation is 6. The molecule has 0 aromatic heterocycles.